The van der Waals surface area contributed by atoms with Crippen LogP contribution in [0.4, 0.5) is 5.69 Å². The first-order valence-electron chi connectivity index (χ1n) is 3.75. The van der Waals surface area contributed by atoms with Gasteiger partial charge in [-0.25, -0.2) is 0 Å². The van der Waals surface area contributed by atoms with Gasteiger partial charge in [-0.2, -0.15) is 4.99 Å². The van der Waals surface area contributed by atoms with E-state index in [2.05, 4.69) is 22.4 Å². The van der Waals surface area contributed by atoms with Gasteiger partial charge in [-0.15, -0.1) is 0 Å². The number of methoxy groups -OCH3 is 2. The molecule has 0 radical (unpaired) electrons. The highest BCUT2D eigenvalue weighted by Gasteiger charge is 2.10. The fourth-order valence-corrected chi connectivity index (χ4v) is 1.10. The lowest BCUT2D eigenvalue weighted by Crippen LogP contribution is -1.88. The van der Waals surface area contributed by atoms with Gasteiger partial charge in [0.1, 0.15) is 0 Å². The molecule has 0 aliphatic carbocycles. The van der Waals surface area contributed by atoms with Crippen molar-refractivity contribution in [1.29, 1.82) is 0 Å². The molecule has 14 heavy (non-hydrogen) atoms. The van der Waals surface area contributed by atoms with Crippen LogP contribution in [-0.4, -0.2) is 24.5 Å². The molecule has 0 amide bonds. The lowest BCUT2D eigenvalue weighted by atomic mass is 10.2. The van der Waals surface area contributed by atoms with E-state index in [1.807, 2.05) is 0 Å². The first kappa shape index (κ1) is 10.5. The van der Waals surface area contributed by atoms with Crippen LogP contribution in [0.2, 0.25) is 0 Å². The molecular formula is C9H9NO3S. The number of phenolic OH excluding ortho intramolecular Hbond substituents is 1. The van der Waals surface area contributed by atoms with E-state index >= 15 is 0 Å². The van der Waals surface area contributed by atoms with E-state index in [-0.39, 0.29) is 17.2 Å². The van der Waals surface area contributed by atoms with Crippen molar-refractivity contribution in [2.45, 2.75) is 0 Å². The van der Waals surface area contributed by atoms with E-state index in [0.717, 1.165) is 0 Å². The van der Waals surface area contributed by atoms with E-state index in [9.17, 15) is 5.11 Å². The number of ether oxygens (including phenoxy) is 2. The minimum Gasteiger partial charge on any atom is -0.502 e. The van der Waals surface area contributed by atoms with Gasteiger partial charge in [-0.1, -0.05) is 0 Å². The van der Waals surface area contributed by atoms with Gasteiger partial charge < -0.3 is 14.6 Å². The van der Waals surface area contributed by atoms with Gasteiger partial charge in [0, 0.05) is 12.1 Å². The third-order valence-corrected chi connectivity index (χ3v) is 1.73. The maximum absolute atomic E-state index is 9.54. The van der Waals surface area contributed by atoms with E-state index in [1.54, 1.807) is 0 Å². The van der Waals surface area contributed by atoms with E-state index in [0.29, 0.717) is 5.69 Å². The highest BCUT2D eigenvalue weighted by atomic mass is 32.1. The molecule has 1 N–H and O–H groups in total. The number of isothiocyanates is 1. The summed E-state index contributed by atoms with van der Waals surface area (Å²) in [6.07, 6.45) is 0. The van der Waals surface area contributed by atoms with Crippen LogP contribution in [0.5, 0.6) is 17.2 Å². The third-order valence-electron chi connectivity index (χ3n) is 1.64. The molecule has 0 unspecified atom stereocenters. The molecule has 0 bridgehead atoms. The second-order valence-electron chi connectivity index (χ2n) is 2.40. The molecule has 4 nitrogen and oxygen atoms in total. The number of phenols is 1. The molecule has 0 heterocycles. The highest BCUT2D eigenvalue weighted by Crippen LogP contribution is 2.39. The summed E-state index contributed by atoms with van der Waals surface area (Å²) < 4.78 is 9.85. The molecule has 0 aliphatic heterocycles. The zero-order chi connectivity index (χ0) is 10.6. The number of thiocarbonyl (C=S) groups is 1. The Hall–Kier alpha value is -1.58. The molecule has 5 heteroatoms. The molecule has 1 rings (SSSR count). The van der Waals surface area contributed by atoms with Crippen molar-refractivity contribution in [3.05, 3.63) is 12.1 Å². The maximum Gasteiger partial charge on any atom is 0.200 e. The predicted octanol–water partition coefficient (Wildman–Crippen LogP) is 2.14. The van der Waals surface area contributed by atoms with Gasteiger partial charge in [-0.05, 0) is 12.2 Å². The van der Waals surface area contributed by atoms with Gasteiger partial charge in [-0.3, -0.25) is 0 Å². The van der Waals surface area contributed by atoms with Gasteiger partial charge in [0.2, 0.25) is 5.75 Å². The SMILES string of the molecule is COc1cc(N=C=S)cc(OC)c1O. The quantitative estimate of drug-likeness (QED) is 0.614. The fourth-order valence-electron chi connectivity index (χ4n) is 0.997. The summed E-state index contributed by atoms with van der Waals surface area (Å²) in [5.74, 6) is 0.514. The van der Waals surface area contributed by atoms with Crippen molar-refractivity contribution < 1.29 is 14.6 Å². The van der Waals surface area contributed by atoms with Crippen LogP contribution in [0.25, 0.3) is 0 Å². The Morgan fingerprint density at radius 3 is 2.14 bits per heavy atom. The topological polar surface area (TPSA) is 51.0 Å². The number of hydrogen-bond acceptors (Lipinski definition) is 5. The monoisotopic (exact) mass is 211 g/mol. The summed E-state index contributed by atoms with van der Waals surface area (Å²) in [5, 5.41) is 11.8. The molecule has 0 aliphatic rings. The fraction of sp³-hybridized carbons (Fsp3) is 0.222. The lowest BCUT2D eigenvalue weighted by molar-refractivity contribution is 0.340. The molecular weight excluding hydrogens is 202 g/mol. The lowest BCUT2D eigenvalue weighted by Gasteiger charge is -2.08. The number of rotatable bonds is 3. The first-order valence-corrected chi connectivity index (χ1v) is 4.16. The van der Waals surface area contributed by atoms with Crippen molar-refractivity contribution in [1.82, 2.24) is 0 Å². The van der Waals surface area contributed by atoms with Crippen molar-refractivity contribution in [2.24, 2.45) is 4.99 Å². The molecule has 1 aromatic carbocycles. The van der Waals surface area contributed by atoms with Crippen molar-refractivity contribution in [2.75, 3.05) is 14.2 Å². The van der Waals surface area contributed by atoms with E-state index < -0.39 is 0 Å². The van der Waals surface area contributed by atoms with Gasteiger partial charge in [0.05, 0.1) is 25.1 Å². The van der Waals surface area contributed by atoms with E-state index in [4.69, 9.17) is 9.47 Å². The number of hydrogen-bond donors (Lipinski definition) is 1. The number of nitrogens with zero attached hydrogens (tertiary/aromatic N) is 1. The van der Waals surface area contributed by atoms with Crippen molar-refractivity contribution >= 4 is 23.1 Å². The predicted molar refractivity (Wildman–Crippen MR) is 55.9 cm³/mol. The van der Waals surface area contributed by atoms with Crippen LogP contribution < -0.4 is 9.47 Å². The minimum absolute atomic E-state index is 0.0571. The second-order valence-corrected chi connectivity index (χ2v) is 2.58. The molecule has 0 atom stereocenters. The average Bonchev–Trinajstić information content (AvgIpc) is 2.20. The van der Waals surface area contributed by atoms with Crippen LogP contribution in [0.1, 0.15) is 0 Å². The Kier molecular flexibility index (Phi) is 3.45. The normalized spacial score (nSPS) is 9.00. The molecule has 74 valence electrons. The van der Waals surface area contributed by atoms with Crippen molar-refractivity contribution in [3.8, 4) is 17.2 Å². The minimum atomic E-state index is -0.0571. The Balaban J connectivity index is 3.31. The largest absolute Gasteiger partial charge is 0.502 e. The van der Waals surface area contributed by atoms with Gasteiger partial charge in [0.25, 0.3) is 0 Å². The van der Waals surface area contributed by atoms with Gasteiger partial charge >= 0.3 is 0 Å². The highest BCUT2D eigenvalue weighted by molar-refractivity contribution is 7.78. The number of aromatic hydroxyl groups is 1. The summed E-state index contributed by atoms with van der Waals surface area (Å²) in [6, 6.07) is 3.08. The number of aliphatic imine (C=N–C) groups is 1. The summed E-state index contributed by atoms with van der Waals surface area (Å²) in [5.41, 5.74) is 0.520. The van der Waals surface area contributed by atoms with Crippen LogP contribution in [0, 0.1) is 0 Å². The smallest absolute Gasteiger partial charge is 0.200 e. The molecule has 0 aromatic heterocycles. The average molecular weight is 211 g/mol. The van der Waals surface area contributed by atoms with E-state index in [1.165, 1.54) is 26.4 Å². The first-order chi connectivity index (χ1) is 6.72. The number of benzene rings is 1. The van der Waals surface area contributed by atoms with Crippen LogP contribution in [0.15, 0.2) is 17.1 Å². The second kappa shape index (κ2) is 4.60. The Morgan fingerprint density at radius 1 is 1.29 bits per heavy atom. The molecule has 0 saturated heterocycles. The summed E-state index contributed by atoms with van der Waals surface area (Å²) >= 11 is 4.47. The maximum atomic E-state index is 9.54. The summed E-state index contributed by atoms with van der Waals surface area (Å²) in [7, 11) is 2.89. The Bertz CT molecular complexity index is 361. The Morgan fingerprint density at radius 2 is 1.79 bits per heavy atom. The zero-order valence-electron chi connectivity index (χ0n) is 7.77. The Labute approximate surface area is 86.8 Å². The van der Waals surface area contributed by atoms with Crippen LogP contribution >= 0.6 is 12.2 Å². The molecule has 1 aromatic rings. The van der Waals surface area contributed by atoms with Gasteiger partial charge in [0.15, 0.2) is 11.5 Å². The summed E-state index contributed by atoms with van der Waals surface area (Å²) in [4.78, 5) is 3.76. The zero-order valence-corrected chi connectivity index (χ0v) is 8.59. The van der Waals surface area contributed by atoms with Crippen LogP contribution in [0.3, 0.4) is 0 Å². The third kappa shape index (κ3) is 2.02. The molecule has 0 spiro atoms. The van der Waals surface area contributed by atoms with Crippen LogP contribution in [-0.2, 0) is 0 Å². The standard InChI is InChI=1S/C9H9NO3S/c1-12-7-3-6(10-5-14)4-8(13-2)9(7)11/h3-4,11H,1-2H3. The molecule has 0 saturated carbocycles. The van der Waals surface area contributed by atoms with Crippen molar-refractivity contribution in [3.63, 3.8) is 0 Å². The molecule has 0 fully saturated rings. The summed E-state index contributed by atoms with van der Waals surface area (Å²) in [6.45, 7) is 0.